The van der Waals surface area contributed by atoms with Gasteiger partial charge in [-0.25, -0.2) is 9.78 Å². The molecule has 0 aromatic carbocycles. The molecule has 0 bridgehead atoms. The van der Waals surface area contributed by atoms with Crippen molar-refractivity contribution in [3.05, 3.63) is 15.5 Å². The van der Waals surface area contributed by atoms with E-state index in [2.05, 4.69) is 10.3 Å². The molecule has 1 N–H and O–H groups in total. The maximum atomic E-state index is 12.0. The second-order valence-electron chi connectivity index (χ2n) is 6.62. The highest BCUT2D eigenvalue weighted by Gasteiger charge is 2.26. The highest BCUT2D eigenvalue weighted by Crippen LogP contribution is 2.20. The number of amides is 1. The van der Waals surface area contributed by atoms with Gasteiger partial charge in [-0.15, -0.1) is 11.3 Å². The van der Waals surface area contributed by atoms with Gasteiger partial charge in [-0.2, -0.15) is 0 Å². The molecule has 0 spiro atoms. The van der Waals surface area contributed by atoms with Crippen LogP contribution in [0, 0.1) is 5.92 Å². The lowest BCUT2D eigenvalue weighted by Gasteiger charge is -2.33. The molecule has 0 aliphatic carbocycles. The van der Waals surface area contributed by atoms with Gasteiger partial charge in [0.15, 0.2) is 4.47 Å². The maximum absolute atomic E-state index is 12.0. The van der Waals surface area contributed by atoms with Crippen molar-refractivity contribution in [1.82, 2.24) is 15.2 Å². The Morgan fingerprint density at radius 1 is 1.50 bits per heavy atom. The van der Waals surface area contributed by atoms with Crippen LogP contribution in [0.4, 0.5) is 4.79 Å². The van der Waals surface area contributed by atoms with Crippen molar-refractivity contribution < 1.29 is 9.53 Å². The number of hydrogen-bond donors (Lipinski definition) is 1. The smallest absolute Gasteiger partial charge is 0.410 e. The number of carbonyl (C=O) groups is 1. The molecule has 124 valence electrons. The van der Waals surface area contributed by atoms with Gasteiger partial charge in [0.25, 0.3) is 0 Å². The van der Waals surface area contributed by atoms with Gasteiger partial charge in [0.05, 0.1) is 0 Å². The van der Waals surface area contributed by atoms with Crippen molar-refractivity contribution >= 4 is 29.0 Å². The lowest BCUT2D eigenvalue weighted by molar-refractivity contribution is 0.0184. The third-order valence-corrected chi connectivity index (χ3v) is 4.64. The Morgan fingerprint density at radius 3 is 2.73 bits per heavy atom. The fourth-order valence-corrected chi connectivity index (χ4v) is 3.36. The minimum Gasteiger partial charge on any atom is -0.444 e. The van der Waals surface area contributed by atoms with E-state index in [0.29, 0.717) is 10.4 Å². The Hall–Kier alpha value is -0.850. The molecular weight excluding hydrogens is 322 g/mol. The largest absolute Gasteiger partial charge is 0.444 e. The van der Waals surface area contributed by atoms with Crippen molar-refractivity contribution in [3.8, 4) is 0 Å². The highest BCUT2D eigenvalue weighted by molar-refractivity contribution is 7.15. The van der Waals surface area contributed by atoms with Crippen LogP contribution >= 0.6 is 22.9 Å². The van der Waals surface area contributed by atoms with Gasteiger partial charge < -0.3 is 15.0 Å². The van der Waals surface area contributed by atoms with Crippen molar-refractivity contribution in [2.24, 2.45) is 5.92 Å². The van der Waals surface area contributed by atoms with Crippen LogP contribution in [-0.2, 0) is 11.3 Å². The Labute approximate surface area is 141 Å². The molecule has 1 amide bonds. The van der Waals surface area contributed by atoms with Crippen LogP contribution in [0.3, 0.4) is 0 Å². The van der Waals surface area contributed by atoms with Crippen molar-refractivity contribution in [2.75, 3.05) is 19.6 Å². The van der Waals surface area contributed by atoms with Gasteiger partial charge in [-0.3, -0.25) is 0 Å². The van der Waals surface area contributed by atoms with Crippen LogP contribution in [0.5, 0.6) is 0 Å². The van der Waals surface area contributed by atoms with Crippen molar-refractivity contribution in [3.63, 3.8) is 0 Å². The summed E-state index contributed by atoms with van der Waals surface area (Å²) < 4.78 is 5.99. The van der Waals surface area contributed by atoms with E-state index in [9.17, 15) is 4.79 Å². The van der Waals surface area contributed by atoms with E-state index in [-0.39, 0.29) is 6.09 Å². The van der Waals surface area contributed by atoms with Crippen LogP contribution in [0.1, 0.15) is 38.5 Å². The Morgan fingerprint density at radius 2 is 2.18 bits per heavy atom. The summed E-state index contributed by atoms with van der Waals surface area (Å²) in [6.07, 6.45) is 3.63. The molecule has 1 aliphatic rings. The molecule has 0 atom stereocenters. The lowest BCUT2D eigenvalue weighted by Crippen LogP contribution is -2.43. The summed E-state index contributed by atoms with van der Waals surface area (Å²) >= 11 is 7.32. The Kier molecular flexibility index (Phi) is 6.06. The van der Waals surface area contributed by atoms with E-state index < -0.39 is 5.60 Å². The molecule has 22 heavy (non-hydrogen) atoms. The number of hydrogen-bond acceptors (Lipinski definition) is 5. The molecular formula is C15H24ClN3O2S. The van der Waals surface area contributed by atoms with E-state index in [4.69, 9.17) is 16.3 Å². The standard InChI is InChI=1S/C15H24ClN3O2S/c1-15(2,3)21-14(20)19-6-4-11(5-7-19)8-17-9-12-10-18-13(16)22-12/h10-11,17H,4-9H2,1-3H3. The van der Waals surface area contributed by atoms with Gasteiger partial charge >= 0.3 is 6.09 Å². The number of rotatable bonds is 4. The van der Waals surface area contributed by atoms with E-state index in [1.807, 2.05) is 31.9 Å². The zero-order valence-electron chi connectivity index (χ0n) is 13.4. The van der Waals surface area contributed by atoms with Gasteiger partial charge in [0.1, 0.15) is 5.60 Å². The number of piperidine rings is 1. The summed E-state index contributed by atoms with van der Waals surface area (Å²) in [4.78, 5) is 19.0. The average Bonchev–Trinajstić information content (AvgIpc) is 2.83. The lowest BCUT2D eigenvalue weighted by atomic mass is 9.97. The minimum atomic E-state index is -0.425. The van der Waals surface area contributed by atoms with Crippen LogP contribution < -0.4 is 5.32 Å². The Bertz CT molecular complexity index is 493. The first kappa shape index (κ1) is 17.5. The number of nitrogens with zero attached hydrogens (tertiary/aromatic N) is 2. The van der Waals surface area contributed by atoms with E-state index in [0.717, 1.165) is 43.9 Å². The van der Waals surface area contributed by atoms with E-state index in [1.165, 1.54) is 11.3 Å². The molecule has 2 rings (SSSR count). The summed E-state index contributed by atoms with van der Waals surface area (Å²) in [5, 5.41) is 3.44. The predicted octanol–water partition coefficient (Wildman–Crippen LogP) is 3.53. The zero-order valence-corrected chi connectivity index (χ0v) is 15.0. The van der Waals surface area contributed by atoms with E-state index >= 15 is 0 Å². The fraction of sp³-hybridized carbons (Fsp3) is 0.733. The molecule has 1 aromatic rings. The topological polar surface area (TPSA) is 54.5 Å². The van der Waals surface area contributed by atoms with Gasteiger partial charge in [0.2, 0.25) is 0 Å². The summed E-state index contributed by atoms with van der Waals surface area (Å²) in [5.41, 5.74) is -0.425. The second-order valence-corrected chi connectivity index (χ2v) is 8.32. The molecule has 0 radical (unpaired) electrons. The quantitative estimate of drug-likeness (QED) is 0.906. The number of likely N-dealkylation sites (tertiary alicyclic amines) is 1. The van der Waals surface area contributed by atoms with Crippen molar-refractivity contribution in [1.29, 1.82) is 0 Å². The molecule has 7 heteroatoms. The molecule has 1 aliphatic heterocycles. The minimum absolute atomic E-state index is 0.196. The molecule has 1 fully saturated rings. The van der Waals surface area contributed by atoms with Crippen LogP contribution in [-0.4, -0.2) is 41.2 Å². The number of ether oxygens (including phenoxy) is 1. The first-order valence-electron chi connectivity index (χ1n) is 7.62. The zero-order chi connectivity index (χ0) is 16.2. The van der Waals surface area contributed by atoms with E-state index in [1.54, 1.807) is 0 Å². The molecule has 1 saturated heterocycles. The van der Waals surface area contributed by atoms with Crippen LogP contribution in [0.15, 0.2) is 6.20 Å². The summed E-state index contributed by atoms with van der Waals surface area (Å²) in [6.45, 7) is 8.99. The number of halogens is 1. The van der Waals surface area contributed by atoms with Gasteiger partial charge in [-0.05, 0) is 46.1 Å². The van der Waals surface area contributed by atoms with Gasteiger partial charge in [-0.1, -0.05) is 11.6 Å². The normalized spacial score (nSPS) is 16.8. The molecule has 2 heterocycles. The first-order chi connectivity index (χ1) is 10.3. The number of thiazole rings is 1. The van der Waals surface area contributed by atoms with Crippen LogP contribution in [0.2, 0.25) is 4.47 Å². The molecule has 1 aromatic heterocycles. The Balaban J connectivity index is 1.65. The van der Waals surface area contributed by atoms with Gasteiger partial charge in [0, 0.05) is 30.7 Å². The van der Waals surface area contributed by atoms with Crippen LogP contribution in [0.25, 0.3) is 0 Å². The number of nitrogens with one attached hydrogen (secondary N) is 1. The molecule has 0 unspecified atom stereocenters. The predicted molar refractivity (Wildman–Crippen MR) is 89.4 cm³/mol. The van der Waals surface area contributed by atoms with Crippen molar-refractivity contribution in [2.45, 2.75) is 45.8 Å². The average molecular weight is 346 g/mol. The second kappa shape index (κ2) is 7.62. The SMILES string of the molecule is CC(C)(C)OC(=O)N1CCC(CNCc2cnc(Cl)s2)CC1. The summed E-state index contributed by atoms with van der Waals surface area (Å²) in [7, 11) is 0. The number of carbonyl (C=O) groups excluding carboxylic acids is 1. The number of aromatic nitrogens is 1. The first-order valence-corrected chi connectivity index (χ1v) is 8.82. The summed E-state index contributed by atoms with van der Waals surface area (Å²) in [6, 6.07) is 0. The fourth-order valence-electron chi connectivity index (χ4n) is 2.41. The monoisotopic (exact) mass is 345 g/mol. The third-order valence-electron chi connectivity index (χ3n) is 3.52. The maximum Gasteiger partial charge on any atom is 0.410 e. The molecule has 0 saturated carbocycles. The molecule has 5 nitrogen and oxygen atoms in total. The highest BCUT2D eigenvalue weighted by atomic mass is 35.5. The third kappa shape index (κ3) is 5.74. The summed E-state index contributed by atoms with van der Waals surface area (Å²) in [5.74, 6) is 0.599.